The van der Waals surface area contributed by atoms with Crippen LogP contribution in [0.5, 0.6) is 0 Å². The molecule has 98 valence electrons. The minimum Gasteiger partial charge on any atom is -0.349 e. The van der Waals surface area contributed by atoms with Crippen molar-refractivity contribution in [1.29, 1.82) is 0 Å². The standard InChI is InChI=1S/C16H17NOS/c18-15(11-14-7-4-10-19-14)17-16(13-8-9-13)12-5-2-1-3-6-12/h1-7,10,13,16H,8-9,11H2,(H,17,18). The molecule has 1 atom stereocenters. The highest BCUT2D eigenvalue weighted by molar-refractivity contribution is 7.10. The second kappa shape index (κ2) is 5.57. The summed E-state index contributed by atoms with van der Waals surface area (Å²) < 4.78 is 0. The van der Waals surface area contributed by atoms with Crippen molar-refractivity contribution in [1.82, 2.24) is 5.32 Å². The van der Waals surface area contributed by atoms with E-state index in [2.05, 4.69) is 17.4 Å². The highest BCUT2D eigenvalue weighted by Crippen LogP contribution is 2.40. The molecular weight excluding hydrogens is 254 g/mol. The van der Waals surface area contributed by atoms with Crippen LogP contribution < -0.4 is 5.32 Å². The van der Waals surface area contributed by atoms with Crippen molar-refractivity contribution >= 4 is 17.2 Å². The molecule has 19 heavy (non-hydrogen) atoms. The molecule has 1 unspecified atom stereocenters. The number of carbonyl (C=O) groups is 1. The van der Waals surface area contributed by atoms with Gasteiger partial charge in [-0.05, 0) is 35.8 Å². The minimum absolute atomic E-state index is 0.128. The molecule has 1 aromatic heterocycles. The van der Waals surface area contributed by atoms with E-state index in [-0.39, 0.29) is 11.9 Å². The molecule has 2 aromatic rings. The Morgan fingerprint density at radius 3 is 2.63 bits per heavy atom. The number of carbonyl (C=O) groups excluding carboxylic acids is 1. The van der Waals surface area contributed by atoms with E-state index in [4.69, 9.17) is 0 Å². The number of rotatable bonds is 5. The summed E-state index contributed by atoms with van der Waals surface area (Å²) in [6, 6.07) is 14.5. The molecule has 1 aromatic carbocycles. The first-order valence-electron chi connectivity index (χ1n) is 6.69. The maximum Gasteiger partial charge on any atom is 0.225 e. The van der Waals surface area contributed by atoms with Crippen LogP contribution in [0.4, 0.5) is 0 Å². The summed E-state index contributed by atoms with van der Waals surface area (Å²) >= 11 is 1.64. The van der Waals surface area contributed by atoms with Gasteiger partial charge in [0.1, 0.15) is 0 Å². The average molecular weight is 271 g/mol. The summed E-state index contributed by atoms with van der Waals surface area (Å²) in [6.45, 7) is 0. The van der Waals surface area contributed by atoms with Crippen LogP contribution in [-0.2, 0) is 11.2 Å². The first-order valence-corrected chi connectivity index (χ1v) is 7.57. The second-order valence-corrected chi connectivity index (χ2v) is 6.08. The van der Waals surface area contributed by atoms with Crippen LogP contribution >= 0.6 is 11.3 Å². The number of thiophene rings is 1. The van der Waals surface area contributed by atoms with Crippen molar-refractivity contribution in [2.24, 2.45) is 5.92 Å². The Morgan fingerprint density at radius 2 is 2.00 bits per heavy atom. The summed E-state index contributed by atoms with van der Waals surface area (Å²) in [7, 11) is 0. The molecule has 1 aliphatic carbocycles. The smallest absolute Gasteiger partial charge is 0.225 e. The average Bonchev–Trinajstić information content (AvgIpc) is 3.15. The van der Waals surface area contributed by atoms with E-state index in [0.717, 1.165) is 4.88 Å². The number of nitrogens with one attached hydrogen (secondary N) is 1. The SMILES string of the molecule is O=C(Cc1cccs1)NC(c1ccccc1)C1CC1. The van der Waals surface area contributed by atoms with Crippen molar-refractivity contribution < 1.29 is 4.79 Å². The van der Waals surface area contributed by atoms with Gasteiger partial charge >= 0.3 is 0 Å². The molecular formula is C16H17NOS. The van der Waals surface area contributed by atoms with E-state index in [1.165, 1.54) is 18.4 Å². The van der Waals surface area contributed by atoms with Crippen LogP contribution in [0.15, 0.2) is 47.8 Å². The minimum atomic E-state index is 0.128. The molecule has 0 bridgehead atoms. The molecule has 1 N–H and O–H groups in total. The molecule has 0 spiro atoms. The van der Waals surface area contributed by atoms with Crippen molar-refractivity contribution in [3.63, 3.8) is 0 Å². The van der Waals surface area contributed by atoms with Crippen LogP contribution in [0.1, 0.15) is 29.3 Å². The molecule has 3 heteroatoms. The number of amides is 1. The van der Waals surface area contributed by atoms with Gasteiger partial charge in [-0.25, -0.2) is 0 Å². The number of hydrogen-bond donors (Lipinski definition) is 1. The molecule has 0 radical (unpaired) electrons. The monoisotopic (exact) mass is 271 g/mol. The van der Waals surface area contributed by atoms with Crippen molar-refractivity contribution in [2.75, 3.05) is 0 Å². The Labute approximate surface area is 117 Å². The highest BCUT2D eigenvalue weighted by Gasteiger charge is 2.33. The molecule has 1 heterocycles. The maximum absolute atomic E-state index is 12.1. The third kappa shape index (κ3) is 3.24. The zero-order chi connectivity index (χ0) is 13.1. The van der Waals surface area contributed by atoms with Crippen LogP contribution in [0.25, 0.3) is 0 Å². The molecule has 1 aliphatic rings. The lowest BCUT2D eigenvalue weighted by molar-refractivity contribution is -0.121. The quantitative estimate of drug-likeness (QED) is 0.885. The Hall–Kier alpha value is -1.61. The van der Waals surface area contributed by atoms with Gasteiger partial charge in [-0.1, -0.05) is 36.4 Å². The van der Waals surface area contributed by atoms with Gasteiger partial charge in [0, 0.05) is 4.88 Å². The van der Waals surface area contributed by atoms with Gasteiger partial charge in [-0.2, -0.15) is 0 Å². The van der Waals surface area contributed by atoms with E-state index >= 15 is 0 Å². The third-order valence-electron chi connectivity index (χ3n) is 3.48. The summed E-state index contributed by atoms with van der Waals surface area (Å²) in [4.78, 5) is 13.2. The Kier molecular flexibility index (Phi) is 3.65. The van der Waals surface area contributed by atoms with Gasteiger partial charge in [0.15, 0.2) is 0 Å². The Bertz CT molecular complexity index is 531. The summed E-state index contributed by atoms with van der Waals surface area (Å²) in [5, 5.41) is 5.21. The van der Waals surface area contributed by atoms with Gasteiger partial charge in [-0.3, -0.25) is 4.79 Å². The van der Waals surface area contributed by atoms with E-state index in [1.807, 2.05) is 35.7 Å². The molecule has 0 saturated heterocycles. The zero-order valence-corrected chi connectivity index (χ0v) is 11.5. The van der Waals surface area contributed by atoms with Crippen molar-refractivity contribution in [3.05, 3.63) is 58.3 Å². The van der Waals surface area contributed by atoms with E-state index < -0.39 is 0 Å². The molecule has 3 rings (SSSR count). The van der Waals surface area contributed by atoms with Gasteiger partial charge < -0.3 is 5.32 Å². The summed E-state index contributed by atoms with van der Waals surface area (Å²) in [6.07, 6.45) is 2.94. The topological polar surface area (TPSA) is 29.1 Å². The fourth-order valence-corrected chi connectivity index (χ4v) is 3.06. The Morgan fingerprint density at radius 1 is 1.21 bits per heavy atom. The van der Waals surface area contributed by atoms with Crippen LogP contribution in [0.3, 0.4) is 0 Å². The lowest BCUT2D eigenvalue weighted by Crippen LogP contribution is -2.30. The lowest BCUT2D eigenvalue weighted by Gasteiger charge is -2.18. The number of benzene rings is 1. The first kappa shape index (κ1) is 12.4. The summed E-state index contributed by atoms with van der Waals surface area (Å²) in [5.41, 5.74) is 1.23. The maximum atomic E-state index is 12.1. The van der Waals surface area contributed by atoms with Crippen LogP contribution in [0.2, 0.25) is 0 Å². The van der Waals surface area contributed by atoms with E-state index in [9.17, 15) is 4.79 Å². The molecule has 1 saturated carbocycles. The Balaban J connectivity index is 1.67. The number of hydrogen-bond acceptors (Lipinski definition) is 2. The predicted octanol–water partition coefficient (Wildman–Crippen LogP) is 3.56. The molecule has 0 aliphatic heterocycles. The van der Waals surface area contributed by atoms with Gasteiger partial charge in [0.2, 0.25) is 5.91 Å². The van der Waals surface area contributed by atoms with Gasteiger partial charge in [-0.15, -0.1) is 11.3 Å². The van der Waals surface area contributed by atoms with E-state index in [0.29, 0.717) is 12.3 Å². The largest absolute Gasteiger partial charge is 0.349 e. The van der Waals surface area contributed by atoms with Crippen molar-refractivity contribution in [2.45, 2.75) is 25.3 Å². The van der Waals surface area contributed by atoms with E-state index in [1.54, 1.807) is 11.3 Å². The molecule has 1 amide bonds. The highest BCUT2D eigenvalue weighted by atomic mass is 32.1. The van der Waals surface area contributed by atoms with Gasteiger partial charge in [0.25, 0.3) is 0 Å². The molecule has 1 fully saturated rings. The van der Waals surface area contributed by atoms with Gasteiger partial charge in [0.05, 0.1) is 12.5 Å². The fraction of sp³-hybridized carbons (Fsp3) is 0.312. The third-order valence-corrected chi connectivity index (χ3v) is 4.36. The molecule has 2 nitrogen and oxygen atoms in total. The normalized spacial score (nSPS) is 16.0. The van der Waals surface area contributed by atoms with Crippen LogP contribution in [-0.4, -0.2) is 5.91 Å². The first-order chi connectivity index (χ1) is 9.33. The summed E-state index contributed by atoms with van der Waals surface area (Å²) in [5.74, 6) is 0.748. The zero-order valence-electron chi connectivity index (χ0n) is 10.7. The fourth-order valence-electron chi connectivity index (χ4n) is 2.36. The van der Waals surface area contributed by atoms with Crippen molar-refractivity contribution in [3.8, 4) is 0 Å². The second-order valence-electron chi connectivity index (χ2n) is 5.05. The lowest BCUT2D eigenvalue weighted by atomic mass is 10.0. The van der Waals surface area contributed by atoms with Crippen LogP contribution in [0, 0.1) is 5.92 Å². The predicted molar refractivity (Wildman–Crippen MR) is 78.1 cm³/mol.